The summed E-state index contributed by atoms with van der Waals surface area (Å²) in [6.45, 7) is 0. The molecule has 0 aliphatic carbocycles. The molecule has 2 rings (SSSR count). The molecule has 0 radical (unpaired) electrons. The van der Waals surface area contributed by atoms with Crippen LogP contribution in [0.5, 0.6) is 5.75 Å². The molecule has 1 N–H and O–H groups in total. The summed E-state index contributed by atoms with van der Waals surface area (Å²) in [6.07, 6.45) is 0.163. The van der Waals surface area contributed by atoms with Gasteiger partial charge in [0.05, 0.1) is 13.2 Å². The maximum absolute atomic E-state index is 10.1. The lowest BCUT2D eigenvalue weighted by Gasteiger charge is -2.11. The van der Waals surface area contributed by atoms with Gasteiger partial charge in [-0.15, -0.1) is 0 Å². The molecule has 0 saturated heterocycles. The molecule has 0 heterocycles. The summed E-state index contributed by atoms with van der Waals surface area (Å²) in [7, 11) is 1.63. The van der Waals surface area contributed by atoms with Crippen LogP contribution in [0.3, 0.4) is 0 Å². The first-order valence-corrected chi connectivity index (χ1v) is 5.65. The zero-order valence-corrected chi connectivity index (χ0v) is 9.84. The van der Waals surface area contributed by atoms with Crippen molar-refractivity contribution in [3.8, 4) is 5.75 Å². The Kier molecular flexibility index (Phi) is 3.78. The Hall–Kier alpha value is -1.80. The summed E-state index contributed by atoms with van der Waals surface area (Å²) < 4.78 is 5.09. The third kappa shape index (κ3) is 3.08. The van der Waals surface area contributed by atoms with Crippen LogP contribution >= 0.6 is 0 Å². The Bertz CT molecular complexity index is 448. The lowest BCUT2D eigenvalue weighted by atomic mass is 10.0. The van der Waals surface area contributed by atoms with Crippen LogP contribution in [0, 0.1) is 0 Å². The number of aliphatic hydroxyl groups is 1. The Morgan fingerprint density at radius 2 is 1.65 bits per heavy atom. The SMILES string of the molecule is COc1ccc(C(O)Cc2ccccc2)cc1. The van der Waals surface area contributed by atoms with E-state index in [0.29, 0.717) is 6.42 Å². The van der Waals surface area contributed by atoms with Gasteiger partial charge in [-0.1, -0.05) is 42.5 Å². The highest BCUT2D eigenvalue weighted by Crippen LogP contribution is 2.20. The van der Waals surface area contributed by atoms with Gasteiger partial charge in [-0.3, -0.25) is 0 Å². The van der Waals surface area contributed by atoms with E-state index in [-0.39, 0.29) is 0 Å². The second-order valence-electron chi connectivity index (χ2n) is 3.98. The van der Waals surface area contributed by atoms with Crippen molar-refractivity contribution in [3.63, 3.8) is 0 Å². The molecule has 0 saturated carbocycles. The smallest absolute Gasteiger partial charge is 0.118 e. The Morgan fingerprint density at radius 1 is 1.00 bits per heavy atom. The highest BCUT2D eigenvalue weighted by atomic mass is 16.5. The minimum absolute atomic E-state index is 0.469. The topological polar surface area (TPSA) is 29.5 Å². The van der Waals surface area contributed by atoms with Crippen LogP contribution < -0.4 is 4.74 Å². The van der Waals surface area contributed by atoms with Gasteiger partial charge >= 0.3 is 0 Å². The fourth-order valence-corrected chi connectivity index (χ4v) is 1.78. The molecule has 0 spiro atoms. The molecule has 0 bridgehead atoms. The first-order chi connectivity index (χ1) is 8.29. The largest absolute Gasteiger partial charge is 0.497 e. The van der Waals surface area contributed by atoms with E-state index in [0.717, 1.165) is 16.9 Å². The van der Waals surface area contributed by atoms with Crippen molar-refractivity contribution >= 4 is 0 Å². The number of aliphatic hydroxyl groups excluding tert-OH is 1. The second kappa shape index (κ2) is 5.51. The summed E-state index contributed by atoms with van der Waals surface area (Å²) in [5, 5.41) is 10.1. The van der Waals surface area contributed by atoms with Crippen LogP contribution in [0.2, 0.25) is 0 Å². The van der Waals surface area contributed by atoms with Crippen molar-refractivity contribution < 1.29 is 9.84 Å². The van der Waals surface area contributed by atoms with E-state index in [1.165, 1.54) is 0 Å². The fourth-order valence-electron chi connectivity index (χ4n) is 1.78. The molecule has 2 aromatic carbocycles. The van der Waals surface area contributed by atoms with E-state index in [1.807, 2.05) is 54.6 Å². The molecule has 0 aliphatic rings. The summed E-state index contributed by atoms with van der Waals surface area (Å²) in [5.74, 6) is 0.806. The van der Waals surface area contributed by atoms with Gasteiger partial charge < -0.3 is 9.84 Å². The number of benzene rings is 2. The molecular formula is C15H16O2. The highest BCUT2D eigenvalue weighted by Gasteiger charge is 2.08. The maximum Gasteiger partial charge on any atom is 0.118 e. The van der Waals surface area contributed by atoms with E-state index >= 15 is 0 Å². The van der Waals surface area contributed by atoms with Crippen molar-refractivity contribution in [2.75, 3.05) is 7.11 Å². The lowest BCUT2D eigenvalue weighted by Crippen LogP contribution is -2.01. The Labute approximate surface area is 101 Å². The van der Waals surface area contributed by atoms with Gasteiger partial charge in [-0.25, -0.2) is 0 Å². The molecule has 2 heteroatoms. The van der Waals surface area contributed by atoms with Gasteiger partial charge in [0, 0.05) is 6.42 Å². The van der Waals surface area contributed by atoms with Gasteiger partial charge in [0.25, 0.3) is 0 Å². The van der Waals surface area contributed by atoms with E-state index in [2.05, 4.69) is 0 Å². The molecular weight excluding hydrogens is 212 g/mol. The van der Waals surface area contributed by atoms with Crippen molar-refractivity contribution in [2.24, 2.45) is 0 Å². The number of ether oxygens (including phenoxy) is 1. The number of hydrogen-bond acceptors (Lipinski definition) is 2. The monoisotopic (exact) mass is 228 g/mol. The number of rotatable bonds is 4. The Balaban J connectivity index is 2.06. The molecule has 0 aliphatic heterocycles. The average molecular weight is 228 g/mol. The molecule has 0 fully saturated rings. The predicted octanol–water partition coefficient (Wildman–Crippen LogP) is 2.97. The number of methoxy groups -OCH3 is 1. The molecule has 1 unspecified atom stereocenters. The zero-order valence-electron chi connectivity index (χ0n) is 9.84. The van der Waals surface area contributed by atoms with Crippen LogP contribution in [-0.4, -0.2) is 12.2 Å². The van der Waals surface area contributed by atoms with Gasteiger partial charge in [-0.2, -0.15) is 0 Å². The predicted molar refractivity (Wildman–Crippen MR) is 68.1 cm³/mol. The van der Waals surface area contributed by atoms with Crippen LogP contribution in [0.1, 0.15) is 17.2 Å². The van der Waals surface area contributed by atoms with Gasteiger partial charge in [0.1, 0.15) is 5.75 Å². The lowest BCUT2D eigenvalue weighted by molar-refractivity contribution is 0.178. The highest BCUT2D eigenvalue weighted by molar-refractivity contribution is 5.29. The first kappa shape index (κ1) is 11.7. The van der Waals surface area contributed by atoms with Gasteiger partial charge in [0.15, 0.2) is 0 Å². The summed E-state index contributed by atoms with van der Waals surface area (Å²) in [5.41, 5.74) is 2.05. The molecule has 2 nitrogen and oxygen atoms in total. The summed E-state index contributed by atoms with van der Waals surface area (Å²) in [4.78, 5) is 0. The number of hydrogen-bond donors (Lipinski definition) is 1. The summed E-state index contributed by atoms with van der Waals surface area (Å²) >= 11 is 0. The van der Waals surface area contributed by atoms with E-state index in [4.69, 9.17) is 4.74 Å². The molecule has 2 aromatic rings. The molecule has 1 atom stereocenters. The van der Waals surface area contributed by atoms with Crippen molar-refractivity contribution in [1.82, 2.24) is 0 Å². The van der Waals surface area contributed by atoms with Crippen molar-refractivity contribution in [2.45, 2.75) is 12.5 Å². The molecule has 0 aromatic heterocycles. The minimum Gasteiger partial charge on any atom is -0.497 e. The third-order valence-electron chi connectivity index (χ3n) is 2.77. The molecule has 0 amide bonds. The Morgan fingerprint density at radius 3 is 2.24 bits per heavy atom. The molecule has 88 valence electrons. The normalized spacial score (nSPS) is 12.1. The summed E-state index contributed by atoms with van der Waals surface area (Å²) in [6, 6.07) is 17.5. The van der Waals surface area contributed by atoms with Crippen LogP contribution in [0.25, 0.3) is 0 Å². The zero-order chi connectivity index (χ0) is 12.1. The van der Waals surface area contributed by atoms with Gasteiger partial charge in [-0.05, 0) is 23.3 Å². The third-order valence-corrected chi connectivity index (χ3v) is 2.77. The van der Waals surface area contributed by atoms with Gasteiger partial charge in [0.2, 0.25) is 0 Å². The van der Waals surface area contributed by atoms with E-state index in [1.54, 1.807) is 7.11 Å². The maximum atomic E-state index is 10.1. The quantitative estimate of drug-likeness (QED) is 0.871. The van der Waals surface area contributed by atoms with Crippen LogP contribution in [-0.2, 0) is 6.42 Å². The van der Waals surface area contributed by atoms with E-state index in [9.17, 15) is 5.11 Å². The minimum atomic E-state index is -0.469. The van der Waals surface area contributed by atoms with Crippen molar-refractivity contribution in [1.29, 1.82) is 0 Å². The van der Waals surface area contributed by atoms with Crippen LogP contribution in [0.15, 0.2) is 54.6 Å². The van der Waals surface area contributed by atoms with Crippen molar-refractivity contribution in [3.05, 3.63) is 65.7 Å². The van der Waals surface area contributed by atoms with E-state index < -0.39 is 6.10 Å². The van der Waals surface area contributed by atoms with Crippen LogP contribution in [0.4, 0.5) is 0 Å². The fraction of sp³-hybridized carbons (Fsp3) is 0.200. The standard InChI is InChI=1S/C15H16O2/c1-17-14-9-7-13(8-10-14)15(16)11-12-5-3-2-4-6-12/h2-10,15-16H,11H2,1H3. The first-order valence-electron chi connectivity index (χ1n) is 5.65. The second-order valence-corrected chi connectivity index (χ2v) is 3.98. The molecule has 17 heavy (non-hydrogen) atoms. The average Bonchev–Trinajstić information content (AvgIpc) is 2.40.